The first-order chi connectivity index (χ1) is 13.2. The Morgan fingerprint density at radius 1 is 1.22 bits per heavy atom. The van der Waals surface area contributed by atoms with Crippen LogP contribution in [0.15, 0.2) is 36.5 Å². The van der Waals surface area contributed by atoms with Gasteiger partial charge in [-0.05, 0) is 18.6 Å². The van der Waals surface area contributed by atoms with Crippen LogP contribution in [0, 0.1) is 11.3 Å². The van der Waals surface area contributed by atoms with E-state index in [-0.39, 0.29) is 5.91 Å². The monoisotopic (exact) mass is 365 g/mol. The second-order valence-electron chi connectivity index (χ2n) is 6.33. The molecule has 1 aliphatic rings. The smallest absolute Gasteiger partial charge is 0.255 e. The highest BCUT2D eigenvalue weighted by molar-refractivity contribution is 5.96. The fraction of sp³-hybridized carbons (Fsp3) is 0.400. The number of piperazine rings is 1. The van der Waals surface area contributed by atoms with E-state index in [0.717, 1.165) is 12.8 Å². The van der Waals surface area contributed by atoms with Gasteiger partial charge >= 0.3 is 0 Å². The van der Waals surface area contributed by atoms with Crippen molar-refractivity contribution in [2.75, 3.05) is 37.7 Å². The van der Waals surface area contributed by atoms with Gasteiger partial charge in [0.05, 0.1) is 23.8 Å². The van der Waals surface area contributed by atoms with Crippen LogP contribution in [0.1, 0.15) is 35.7 Å². The maximum atomic E-state index is 12.7. The van der Waals surface area contributed by atoms with Crippen LogP contribution in [0.2, 0.25) is 0 Å². The molecular formula is C20H23N5O2. The zero-order valence-electron chi connectivity index (χ0n) is 15.5. The van der Waals surface area contributed by atoms with Gasteiger partial charge < -0.3 is 14.5 Å². The van der Waals surface area contributed by atoms with E-state index in [4.69, 9.17) is 4.74 Å². The van der Waals surface area contributed by atoms with Gasteiger partial charge in [0, 0.05) is 38.4 Å². The molecule has 1 aromatic heterocycles. The lowest BCUT2D eigenvalue weighted by atomic mass is 10.1. The molecule has 0 N–H and O–H groups in total. The summed E-state index contributed by atoms with van der Waals surface area (Å²) in [4.78, 5) is 25.4. The first kappa shape index (κ1) is 18.6. The third-order valence-electron chi connectivity index (χ3n) is 4.49. The molecule has 1 fully saturated rings. The summed E-state index contributed by atoms with van der Waals surface area (Å²) >= 11 is 0. The molecule has 0 bridgehead atoms. The van der Waals surface area contributed by atoms with Gasteiger partial charge in [-0.15, -0.1) is 0 Å². The minimum absolute atomic E-state index is 0.107. The molecule has 0 aliphatic carbocycles. The second kappa shape index (κ2) is 8.99. The van der Waals surface area contributed by atoms with Crippen LogP contribution in [0.4, 0.5) is 5.95 Å². The Labute approximate surface area is 159 Å². The molecule has 27 heavy (non-hydrogen) atoms. The van der Waals surface area contributed by atoms with Gasteiger partial charge in [-0.2, -0.15) is 10.2 Å². The molecule has 1 saturated heterocycles. The summed E-state index contributed by atoms with van der Waals surface area (Å²) in [6, 6.07) is 10.8. The van der Waals surface area contributed by atoms with Crippen molar-refractivity contribution in [3.05, 3.63) is 47.7 Å². The quantitative estimate of drug-likeness (QED) is 0.732. The second-order valence-corrected chi connectivity index (χ2v) is 6.33. The van der Waals surface area contributed by atoms with Gasteiger partial charge in [0.15, 0.2) is 0 Å². The Kier molecular flexibility index (Phi) is 6.21. The minimum atomic E-state index is -0.107. The van der Waals surface area contributed by atoms with Gasteiger partial charge in [-0.25, -0.2) is 4.98 Å². The highest BCUT2D eigenvalue weighted by atomic mass is 16.5. The molecule has 0 radical (unpaired) electrons. The number of rotatable bonds is 6. The average molecular weight is 365 g/mol. The lowest BCUT2D eigenvalue weighted by Crippen LogP contribution is -2.49. The van der Waals surface area contributed by atoms with E-state index in [9.17, 15) is 10.1 Å². The van der Waals surface area contributed by atoms with Gasteiger partial charge in [0.1, 0.15) is 0 Å². The van der Waals surface area contributed by atoms with Crippen LogP contribution in [0.25, 0.3) is 0 Å². The third-order valence-corrected chi connectivity index (χ3v) is 4.49. The number of benzene rings is 1. The fourth-order valence-electron chi connectivity index (χ4n) is 2.93. The Bertz CT molecular complexity index is 825. The number of carbonyl (C=O) groups excluding carboxylic acids is 1. The largest absolute Gasteiger partial charge is 0.478 e. The van der Waals surface area contributed by atoms with Crippen molar-refractivity contribution in [1.82, 2.24) is 14.9 Å². The van der Waals surface area contributed by atoms with Crippen molar-refractivity contribution in [3.63, 3.8) is 0 Å². The molecule has 0 atom stereocenters. The van der Waals surface area contributed by atoms with Crippen LogP contribution < -0.4 is 9.64 Å². The van der Waals surface area contributed by atoms with E-state index < -0.39 is 0 Å². The zero-order valence-corrected chi connectivity index (χ0v) is 15.5. The predicted octanol–water partition coefficient (Wildman–Crippen LogP) is 2.49. The molecule has 140 valence electrons. The Morgan fingerprint density at radius 2 is 2.00 bits per heavy atom. The number of carbonyl (C=O) groups is 1. The Balaban J connectivity index is 1.61. The van der Waals surface area contributed by atoms with Crippen molar-refractivity contribution in [2.24, 2.45) is 0 Å². The van der Waals surface area contributed by atoms with E-state index >= 15 is 0 Å². The van der Waals surface area contributed by atoms with E-state index in [1.807, 2.05) is 4.90 Å². The SMILES string of the molecule is CCCCOc1ccnc(N2CCN(C(=O)c3ccccc3C#N)CC2)n1. The number of hydrogen-bond donors (Lipinski definition) is 0. The molecule has 0 unspecified atom stereocenters. The summed E-state index contributed by atoms with van der Waals surface area (Å²) in [6.45, 7) is 5.15. The zero-order chi connectivity index (χ0) is 19.1. The van der Waals surface area contributed by atoms with Crippen LogP contribution >= 0.6 is 0 Å². The maximum Gasteiger partial charge on any atom is 0.255 e. The number of amides is 1. The first-order valence-electron chi connectivity index (χ1n) is 9.22. The predicted molar refractivity (Wildman–Crippen MR) is 102 cm³/mol. The summed E-state index contributed by atoms with van der Waals surface area (Å²) in [6.07, 6.45) is 3.76. The lowest BCUT2D eigenvalue weighted by molar-refractivity contribution is 0.0746. The van der Waals surface area contributed by atoms with Crippen molar-refractivity contribution < 1.29 is 9.53 Å². The number of nitriles is 1. The number of ether oxygens (including phenoxy) is 1. The number of nitrogens with zero attached hydrogens (tertiary/aromatic N) is 5. The van der Waals surface area contributed by atoms with E-state index in [1.54, 1.807) is 41.4 Å². The van der Waals surface area contributed by atoms with Gasteiger partial charge in [-0.3, -0.25) is 4.79 Å². The first-order valence-corrected chi connectivity index (χ1v) is 9.22. The van der Waals surface area contributed by atoms with Crippen molar-refractivity contribution >= 4 is 11.9 Å². The number of anilines is 1. The van der Waals surface area contributed by atoms with Gasteiger partial charge in [0.2, 0.25) is 11.8 Å². The van der Waals surface area contributed by atoms with E-state index in [1.165, 1.54) is 0 Å². The molecule has 1 aliphatic heterocycles. The standard InChI is InChI=1S/C20H23N5O2/c1-2-3-14-27-18-8-9-22-20(23-18)25-12-10-24(11-13-25)19(26)17-7-5-4-6-16(17)15-21/h4-9H,2-3,10-14H2,1H3. The molecule has 7 heteroatoms. The molecule has 0 spiro atoms. The normalized spacial score (nSPS) is 13.9. The highest BCUT2D eigenvalue weighted by Crippen LogP contribution is 2.17. The molecule has 3 rings (SSSR count). The molecule has 1 aromatic carbocycles. The Morgan fingerprint density at radius 3 is 2.74 bits per heavy atom. The number of hydrogen-bond acceptors (Lipinski definition) is 6. The van der Waals surface area contributed by atoms with Crippen LogP contribution in [-0.4, -0.2) is 53.6 Å². The van der Waals surface area contributed by atoms with Crippen molar-refractivity contribution in [3.8, 4) is 11.9 Å². The maximum absolute atomic E-state index is 12.7. The number of unbranched alkanes of at least 4 members (excludes halogenated alkanes) is 1. The fourth-order valence-corrected chi connectivity index (χ4v) is 2.93. The molecule has 1 amide bonds. The molecule has 2 heterocycles. The van der Waals surface area contributed by atoms with Crippen LogP contribution in [0.3, 0.4) is 0 Å². The molecule has 7 nitrogen and oxygen atoms in total. The van der Waals surface area contributed by atoms with Crippen LogP contribution in [0.5, 0.6) is 5.88 Å². The lowest BCUT2D eigenvalue weighted by Gasteiger charge is -2.34. The highest BCUT2D eigenvalue weighted by Gasteiger charge is 2.25. The Hall–Kier alpha value is -3.14. The van der Waals surface area contributed by atoms with Crippen molar-refractivity contribution in [2.45, 2.75) is 19.8 Å². The summed E-state index contributed by atoms with van der Waals surface area (Å²) in [7, 11) is 0. The summed E-state index contributed by atoms with van der Waals surface area (Å²) in [5.74, 6) is 1.09. The van der Waals surface area contributed by atoms with Gasteiger partial charge in [-0.1, -0.05) is 25.5 Å². The van der Waals surface area contributed by atoms with E-state index in [0.29, 0.717) is 55.7 Å². The van der Waals surface area contributed by atoms with E-state index in [2.05, 4.69) is 23.0 Å². The third kappa shape index (κ3) is 4.53. The van der Waals surface area contributed by atoms with Crippen molar-refractivity contribution in [1.29, 1.82) is 5.26 Å². The summed E-state index contributed by atoms with van der Waals surface area (Å²) < 4.78 is 5.65. The summed E-state index contributed by atoms with van der Waals surface area (Å²) in [5.41, 5.74) is 0.862. The molecule has 2 aromatic rings. The minimum Gasteiger partial charge on any atom is -0.478 e. The number of aromatic nitrogens is 2. The molecular weight excluding hydrogens is 342 g/mol. The van der Waals surface area contributed by atoms with Crippen LogP contribution in [-0.2, 0) is 0 Å². The average Bonchev–Trinajstić information content (AvgIpc) is 2.74. The molecule has 0 saturated carbocycles. The summed E-state index contributed by atoms with van der Waals surface area (Å²) in [5, 5.41) is 9.20. The van der Waals surface area contributed by atoms with Gasteiger partial charge in [0.25, 0.3) is 5.91 Å². The topological polar surface area (TPSA) is 82.4 Å².